The number of nitrogens with zero attached hydrogens (tertiary/aromatic N) is 2. The van der Waals surface area contributed by atoms with Crippen molar-refractivity contribution in [1.29, 1.82) is 0 Å². The molecule has 1 saturated heterocycles. The number of carbonyl (C=O) groups is 2. The van der Waals surface area contributed by atoms with Crippen LogP contribution in [-0.4, -0.2) is 72.2 Å². The second-order valence-electron chi connectivity index (χ2n) is 13.0. The van der Waals surface area contributed by atoms with Gasteiger partial charge in [0.05, 0.1) is 24.6 Å². The average Bonchev–Trinajstić information content (AvgIpc) is 3.31. The monoisotopic (exact) mass is 582 g/mol. The Morgan fingerprint density at radius 2 is 2.07 bits per heavy atom. The van der Waals surface area contributed by atoms with Crippen LogP contribution < -0.4 is 9.47 Å². The zero-order valence-electron chi connectivity index (χ0n) is 25.9. The molecule has 5 atom stereocenters. The van der Waals surface area contributed by atoms with Gasteiger partial charge in [-0.05, 0) is 67.9 Å². The predicted molar refractivity (Wildman–Crippen MR) is 165 cm³/mol. The molecule has 2 bridgehead atoms. The maximum absolute atomic E-state index is 14.0. The minimum absolute atomic E-state index is 0.0302. The van der Waals surface area contributed by atoms with Crippen LogP contribution in [-0.2, 0) is 26.2 Å². The van der Waals surface area contributed by atoms with Crippen LogP contribution in [0.4, 0.5) is 0 Å². The number of hydrogen-bond acceptors (Lipinski definition) is 6. The average molecular weight is 583 g/mol. The van der Waals surface area contributed by atoms with Crippen LogP contribution in [0.5, 0.6) is 11.5 Å². The lowest BCUT2D eigenvalue weighted by atomic mass is 9.48. The Hall–Kier alpha value is -3.76. The molecule has 1 spiro atoms. The number of esters is 1. The highest BCUT2D eigenvalue weighted by atomic mass is 16.6. The third-order valence-electron chi connectivity index (χ3n) is 9.95. The summed E-state index contributed by atoms with van der Waals surface area (Å²) < 4.78 is 19.4. The van der Waals surface area contributed by atoms with Crippen LogP contribution in [0.1, 0.15) is 62.3 Å². The molecule has 0 radical (unpaired) electrons. The van der Waals surface area contributed by atoms with Gasteiger partial charge in [-0.2, -0.15) is 0 Å². The lowest BCUT2D eigenvalue weighted by molar-refractivity contribution is -0.223. The molecule has 226 valence electrons. The van der Waals surface area contributed by atoms with E-state index in [0.29, 0.717) is 31.7 Å². The number of benzene rings is 2. The van der Waals surface area contributed by atoms with Gasteiger partial charge in [0.25, 0.3) is 5.91 Å². The molecule has 7 heteroatoms. The molecule has 0 aromatic heterocycles. The Balaban J connectivity index is 1.49. The SMILES string of the molecule is C=CCN1CC[C@]23c4c5ccc(OC)c4O[C@H]2[C@H](N(CC(C)C)C(=O)C#Cc2cccc(C)c2)CC[C@@]3(OC(C)=O)[C@H]1C5. The van der Waals surface area contributed by atoms with Crippen LogP contribution in [0.25, 0.3) is 0 Å². The summed E-state index contributed by atoms with van der Waals surface area (Å²) >= 11 is 0. The number of likely N-dealkylation sites (tertiary alicyclic amines) is 1. The van der Waals surface area contributed by atoms with Gasteiger partial charge in [-0.3, -0.25) is 14.5 Å². The largest absolute Gasteiger partial charge is 0.493 e. The van der Waals surface area contributed by atoms with Crippen molar-refractivity contribution in [2.24, 2.45) is 5.92 Å². The molecule has 0 unspecified atom stereocenters. The second kappa shape index (κ2) is 11.1. The van der Waals surface area contributed by atoms with E-state index in [1.54, 1.807) is 7.11 Å². The summed E-state index contributed by atoms with van der Waals surface area (Å²) in [4.78, 5) is 31.3. The number of hydrogen-bond donors (Lipinski definition) is 0. The van der Waals surface area contributed by atoms with Crippen molar-refractivity contribution in [3.05, 3.63) is 71.3 Å². The Bertz CT molecular complexity index is 1520. The van der Waals surface area contributed by atoms with Gasteiger partial charge in [0.2, 0.25) is 0 Å². The van der Waals surface area contributed by atoms with Gasteiger partial charge in [0.15, 0.2) is 11.5 Å². The van der Waals surface area contributed by atoms with Gasteiger partial charge in [-0.1, -0.05) is 44.0 Å². The summed E-state index contributed by atoms with van der Waals surface area (Å²) in [6.07, 6.45) is 4.25. The van der Waals surface area contributed by atoms with Gasteiger partial charge in [0, 0.05) is 43.6 Å². The van der Waals surface area contributed by atoms with E-state index in [2.05, 4.69) is 43.2 Å². The number of methoxy groups -OCH3 is 1. The van der Waals surface area contributed by atoms with E-state index in [1.165, 1.54) is 12.5 Å². The van der Waals surface area contributed by atoms with Crippen LogP contribution in [0.2, 0.25) is 0 Å². The molecular formula is C36H42N2O5. The van der Waals surface area contributed by atoms with Crippen molar-refractivity contribution in [1.82, 2.24) is 9.80 Å². The van der Waals surface area contributed by atoms with Gasteiger partial charge in [-0.15, -0.1) is 6.58 Å². The van der Waals surface area contributed by atoms with Crippen LogP contribution >= 0.6 is 0 Å². The molecule has 7 nitrogen and oxygen atoms in total. The molecule has 2 aromatic rings. The van der Waals surface area contributed by atoms with Crippen LogP contribution in [0, 0.1) is 24.7 Å². The molecule has 2 aliphatic carbocycles. The molecule has 1 amide bonds. The Kier molecular flexibility index (Phi) is 7.54. The maximum Gasteiger partial charge on any atom is 0.303 e. The fraction of sp³-hybridized carbons (Fsp3) is 0.500. The lowest BCUT2D eigenvalue weighted by Crippen LogP contribution is -2.79. The van der Waals surface area contributed by atoms with Gasteiger partial charge >= 0.3 is 5.97 Å². The van der Waals surface area contributed by atoms with Crippen LogP contribution in [0.3, 0.4) is 0 Å². The van der Waals surface area contributed by atoms with Crippen molar-refractivity contribution in [3.63, 3.8) is 0 Å². The minimum atomic E-state index is -0.800. The van der Waals surface area contributed by atoms with Crippen molar-refractivity contribution in [2.45, 2.75) is 82.6 Å². The molecular weight excluding hydrogens is 540 g/mol. The zero-order valence-corrected chi connectivity index (χ0v) is 25.9. The van der Waals surface area contributed by atoms with E-state index >= 15 is 0 Å². The number of carbonyl (C=O) groups excluding carboxylic acids is 2. The number of amides is 1. The quantitative estimate of drug-likeness (QED) is 0.265. The number of aryl methyl sites for hydroxylation is 1. The lowest BCUT2D eigenvalue weighted by Gasteiger charge is -2.65. The highest BCUT2D eigenvalue weighted by molar-refractivity contribution is 5.94. The Morgan fingerprint density at radius 3 is 2.77 bits per heavy atom. The summed E-state index contributed by atoms with van der Waals surface area (Å²) in [5.74, 6) is 7.20. The second-order valence-corrected chi connectivity index (χ2v) is 13.0. The predicted octanol–water partition coefficient (Wildman–Crippen LogP) is 4.82. The molecule has 2 aliphatic heterocycles. The van der Waals surface area contributed by atoms with E-state index in [9.17, 15) is 9.59 Å². The zero-order chi connectivity index (χ0) is 30.5. The van der Waals surface area contributed by atoms with Crippen molar-refractivity contribution in [3.8, 4) is 23.3 Å². The van der Waals surface area contributed by atoms with Crippen molar-refractivity contribution in [2.75, 3.05) is 26.7 Å². The smallest absolute Gasteiger partial charge is 0.303 e. The summed E-state index contributed by atoms with van der Waals surface area (Å²) in [6.45, 7) is 13.9. The third-order valence-corrected chi connectivity index (χ3v) is 9.95. The van der Waals surface area contributed by atoms with Crippen molar-refractivity contribution >= 4 is 11.9 Å². The molecule has 0 N–H and O–H groups in total. The molecule has 2 fully saturated rings. The highest BCUT2D eigenvalue weighted by Gasteiger charge is 2.75. The highest BCUT2D eigenvalue weighted by Crippen LogP contribution is 2.67. The first-order valence-corrected chi connectivity index (χ1v) is 15.5. The fourth-order valence-electron chi connectivity index (χ4n) is 8.58. The van der Waals surface area contributed by atoms with E-state index in [1.807, 2.05) is 48.2 Å². The first-order valence-electron chi connectivity index (χ1n) is 15.5. The minimum Gasteiger partial charge on any atom is -0.493 e. The number of ether oxygens (including phenoxy) is 3. The fourth-order valence-corrected chi connectivity index (χ4v) is 8.58. The van der Waals surface area contributed by atoms with Crippen LogP contribution in [0.15, 0.2) is 49.1 Å². The van der Waals surface area contributed by atoms with Crippen molar-refractivity contribution < 1.29 is 23.8 Å². The summed E-state index contributed by atoms with van der Waals surface area (Å²) in [5, 5.41) is 0. The summed E-state index contributed by atoms with van der Waals surface area (Å²) in [6, 6.07) is 11.7. The first kappa shape index (κ1) is 29.3. The molecule has 6 rings (SSSR count). The van der Waals surface area contributed by atoms with E-state index in [-0.39, 0.29) is 29.9 Å². The maximum atomic E-state index is 14.0. The van der Waals surface area contributed by atoms with E-state index in [4.69, 9.17) is 14.2 Å². The number of rotatable bonds is 7. The molecule has 43 heavy (non-hydrogen) atoms. The van der Waals surface area contributed by atoms with Gasteiger partial charge < -0.3 is 19.1 Å². The van der Waals surface area contributed by atoms with Gasteiger partial charge in [-0.25, -0.2) is 0 Å². The molecule has 2 heterocycles. The standard InChI is InChI=1S/C36H42N2O5/c1-7-18-37-19-17-35-32-27-12-13-29(41-6)33(32)42-34(35)28(15-16-36(35,30(37)21-27)43-25(5)39)38(22-23(2)3)31(40)14-11-26-10-8-9-24(4)20-26/h7-10,12-13,20,23,28,30,34H,1,15-19,21-22H2,2-6H3/t28-,30-,34+,35+,36-/m1/s1. The van der Waals surface area contributed by atoms with E-state index < -0.39 is 17.1 Å². The molecule has 1 saturated carbocycles. The topological polar surface area (TPSA) is 68.3 Å². The Morgan fingerprint density at radius 1 is 1.26 bits per heavy atom. The normalized spacial score (nSPS) is 28.2. The summed E-state index contributed by atoms with van der Waals surface area (Å²) in [5.41, 5.74) is 2.79. The molecule has 2 aromatic carbocycles. The van der Waals surface area contributed by atoms with Gasteiger partial charge in [0.1, 0.15) is 11.7 Å². The third kappa shape index (κ3) is 4.53. The number of piperidine rings is 1. The van der Waals surface area contributed by atoms with E-state index in [0.717, 1.165) is 41.8 Å². The summed E-state index contributed by atoms with van der Waals surface area (Å²) in [7, 11) is 1.66. The first-order chi connectivity index (χ1) is 20.6. The Labute approximate surface area is 255 Å². The molecule has 4 aliphatic rings.